The molecule has 1 amide bonds. The van der Waals surface area contributed by atoms with Crippen LogP contribution in [-0.4, -0.2) is 49.2 Å². The second-order valence-corrected chi connectivity index (χ2v) is 7.24. The van der Waals surface area contributed by atoms with Crippen LogP contribution in [0, 0.1) is 0 Å². The number of carbonyl (C=O) groups excluding carboxylic acids is 1. The number of nitrogens with zero attached hydrogens (tertiary/aromatic N) is 1. The van der Waals surface area contributed by atoms with Crippen LogP contribution in [0.25, 0.3) is 0 Å². The monoisotopic (exact) mass is 350 g/mol. The van der Waals surface area contributed by atoms with E-state index in [2.05, 4.69) is 22.3 Å². The van der Waals surface area contributed by atoms with Crippen molar-refractivity contribution >= 4 is 18.3 Å². The Morgan fingerprint density at radius 1 is 1.08 bits per heavy atom. The highest BCUT2D eigenvalue weighted by molar-refractivity contribution is 5.88. The zero-order valence-electron chi connectivity index (χ0n) is 14.1. The van der Waals surface area contributed by atoms with Crippen LogP contribution in [0.5, 0.6) is 0 Å². The summed E-state index contributed by atoms with van der Waals surface area (Å²) in [7, 11) is 0. The number of hydrogen-bond donors (Lipinski definition) is 1. The van der Waals surface area contributed by atoms with E-state index in [1.807, 2.05) is 18.2 Å². The lowest BCUT2D eigenvalue weighted by Crippen LogP contribution is -2.52. The van der Waals surface area contributed by atoms with E-state index in [0.717, 1.165) is 37.9 Å². The van der Waals surface area contributed by atoms with E-state index in [0.29, 0.717) is 31.2 Å². The summed E-state index contributed by atoms with van der Waals surface area (Å²) in [6.07, 6.45) is 5.16. The van der Waals surface area contributed by atoms with Crippen molar-refractivity contribution in [3.8, 4) is 0 Å². The molecule has 24 heavy (non-hydrogen) atoms. The fraction of sp³-hybridized carbons (Fsp3) is 0.632. The molecule has 2 bridgehead atoms. The third-order valence-corrected chi connectivity index (χ3v) is 5.89. The fourth-order valence-corrected chi connectivity index (χ4v) is 4.53. The molecule has 0 spiro atoms. The van der Waals surface area contributed by atoms with Crippen molar-refractivity contribution in [3.05, 3.63) is 35.9 Å². The molecule has 3 aliphatic rings. The van der Waals surface area contributed by atoms with Crippen LogP contribution in [0.1, 0.15) is 37.7 Å². The van der Waals surface area contributed by atoms with Gasteiger partial charge in [0.2, 0.25) is 5.91 Å². The van der Waals surface area contributed by atoms with Gasteiger partial charge >= 0.3 is 0 Å². The van der Waals surface area contributed by atoms with E-state index in [9.17, 15) is 4.79 Å². The third kappa shape index (κ3) is 3.19. The first-order valence-corrected chi connectivity index (χ1v) is 8.97. The SMILES string of the molecule is Cl.O=C(N1CCC2CCC(C1)N2)C1(c2ccccc2)CCOCC1. The Kier molecular flexibility index (Phi) is 5.48. The van der Waals surface area contributed by atoms with Crippen LogP contribution in [0.15, 0.2) is 30.3 Å². The molecule has 4 rings (SSSR count). The Hall–Kier alpha value is -1.10. The molecule has 0 saturated carbocycles. The largest absolute Gasteiger partial charge is 0.381 e. The molecule has 3 saturated heterocycles. The van der Waals surface area contributed by atoms with Crippen molar-refractivity contribution in [3.63, 3.8) is 0 Å². The number of halogens is 1. The van der Waals surface area contributed by atoms with Crippen LogP contribution in [0.3, 0.4) is 0 Å². The van der Waals surface area contributed by atoms with Crippen molar-refractivity contribution < 1.29 is 9.53 Å². The highest BCUT2D eigenvalue weighted by atomic mass is 35.5. The second kappa shape index (κ2) is 7.42. The molecule has 0 aromatic heterocycles. The molecule has 4 nitrogen and oxygen atoms in total. The van der Waals surface area contributed by atoms with E-state index < -0.39 is 0 Å². The maximum absolute atomic E-state index is 13.5. The average Bonchev–Trinajstić information content (AvgIpc) is 2.95. The molecule has 1 aromatic rings. The number of rotatable bonds is 2. The first-order valence-electron chi connectivity index (χ1n) is 8.97. The summed E-state index contributed by atoms with van der Waals surface area (Å²) in [4.78, 5) is 15.7. The van der Waals surface area contributed by atoms with Crippen molar-refractivity contribution in [2.24, 2.45) is 0 Å². The highest BCUT2D eigenvalue weighted by Gasteiger charge is 2.45. The summed E-state index contributed by atoms with van der Waals surface area (Å²) in [5.74, 6) is 0.321. The van der Waals surface area contributed by atoms with Gasteiger partial charge in [-0.05, 0) is 37.7 Å². The van der Waals surface area contributed by atoms with Gasteiger partial charge in [0, 0.05) is 38.4 Å². The summed E-state index contributed by atoms with van der Waals surface area (Å²) < 4.78 is 5.57. The zero-order valence-corrected chi connectivity index (χ0v) is 14.9. The van der Waals surface area contributed by atoms with E-state index >= 15 is 0 Å². The molecule has 0 radical (unpaired) electrons. The van der Waals surface area contributed by atoms with Crippen LogP contribution in [0.4, 0.5) is 0 Å². The fourth-order valence-electron chi connectivity index (χ4n) is 4.53. The molecular weight excluding hydrogens is 324 g/mol. The number of fused-ring (bicyclic) bond motifs is 2. The van der Waals surface area contributed by atoms with Crippen LogP contribution in [-0.2, 0) is 14.9 Å². The number of nitrogens with one attached hydrogen (secondary N) is 1. The zero-order chi connectivity index (χ0) is 15.7. The van der Waals surface area contributed by atoms with E-state index in [1.165, 1.54) is 12.8 Å². The molecule has 2 atom stereocenters. The lowest BCUT2D eigenvalue weighted by atomic mass is 9.73. The highest BCUT2D eigenvalue weighted by Crippen LogP contribution is 2.37. The minimum absolute atomic E-state index is 0. The number of amides is 1. The van der Waals surface area contributed by atoms with Gasteiger partial charge in [-0.3, -0.25) is 4.79 Å². The van der Waals surface area contributed by atoms with Crippen molar-refractivity contribution in [2.75, 3.05) is 26.3 Å². The van der Waals surface area contributed by atoms with Crippen molar-refractivity contribution in [2.45, 2.75) is 49.6 Å². The normalized spacial score (nSPS) is 28.8. The molecule has 5 heteroatoms. The number of ether oxygens (including phenoxy) is 1. The lowest BCUT2D eigenvalue weighted by molar-refractivity contribution is -0.141. The Morgan fingerprint density at radius 2 is 1.79 bits per heavy atom. The average molecular weight is 351 g/mol. The predicted molar refractivity (Wildman–Crippen MR) is 96.6 cm³/mol. The predicted octanol–water partition coefficient (Wildman–Crippen LogP) is 2.51. The maximum atomic E-state index is 13.5. The van der Waals surface area contributed by atoms with Gasteiger partial charge < -0.3 is 15.0 Å². The molecule has 0 aliphatic carbocycles. The molecule has 1 aromatic carbocycles. The number of carbonyl (C=O) groups is 1. The Morgan fingerprint density at radius 3 is 2.54 bits per heavy atom. The summed E-state index contributed by atoms with van der Waals surface area (Å²) >= 11 is 0. The minimum Gasteiger partial charge on any atom is -0.381 e. The quantitative estimate of drug-likeness (QED) is 0.891. The summed E-state index contributed by atoms with van der Waals surface area (Å²) in [6.45, 7) is 3.12. The van der Waals surface area contributed by atoms with E-state index in [-0.39, 0.29) is 17.8 Å². The molecule has 3 heterocycles. The van der Waals surface area contributed by atoms with E-state index in [1.54, 1.807) is 0 Å². The Labute approximate surface area is 150 Å². The molecule has 132 valence electrons. The molecule has 2 unspecified atom stereocenters. The maximum Gasteiger partial charge on any atom is 0.233 e. The topological polar surface area (TPSA) is 41.6 Å². The third-order valence-electron chi connectivity index (χ3n) is 5.89. The van der Waals surface area contributed by atoms with Gasteiger partial charge in [-0.25, -0.2) is 0 Å². The van der Waals surface area contributed by atoms with Gasteiger partial charge in [-0.1, -0.05) is 30.3 Å². The van der Waals surface area contributed by atoms with Gasteiger partial charge in [0.1, 0.15) is 0 Å². The molecule has 3 fully saturated rings. The Bertz CT molecular complexity index is 560. The smallest absolute Gasteiger partial charge is 0.233 e. The summed E-state index contributed by atoms with van der Waals surface area (Å²) in [5.41, 5.74) is 0.777. The summed E-state index contributed by atoms with van der Waals surface area (Å²) in [6, 6.07) is 11.4. The first-order chi connectivity index (χ1) is 11.3. The molecular formula is C19H27ClN2O2. The lowest BCUT2D eigenvalue weighted by Gasteiger charge is -2.40. The Balaban J connectivity index is 0.00000169. The van der Waals surface area contributed by atoms with Crippen LogP contribution >= 0.6 is 12.4 Å². The molecule has 1 N–H and O–H groups in total. The van der Waals surface area contributed by atoms with E-state index in [4.69, 9.17) is 4.74 Å². The van der Waals surface area contributed by atoms with Crippen molar-refractivity contribution in [1.29, 1.82) is 0 Å². The minimum atomic E-state index is -0.386. The van der Waals surface area contributed by atoms with Crippen LogP contribution < -0.4 is 5.32 Å². The van der Waals surface area contributed by atoms with Gasteiger partial charge in [-0.15, -0.1) is 12.4 Å². The van der Waals surface area contributed by atoms with Gasteiger partial charge in [0.05, 0.1) is 5.41 Å². The number of hydrogen-bond acceptors (Lipinski definition) is 3. The van der Waals surface area contributed by atoms with Gasteiger partial charge in [0.15, 0.2) is 0 Å². The standard InChI is InChI=1S/C19H26N2O2.ClH/c22-18(21-11-8-16-6-7-17(14-21)20-16)19(9-12-23-13-10-19)15-4-2-1-3-5-15;/h1-5,16-17,20H,6-14H2;1H. The second-order valence-electron chi connectivity index (χ2n) is 7.24. The number of benzene rings is 1. The molecule has 3 aliphatic heterocycles. The number of likely N-dealkylation sites (tertiary alicyclic amines) is 1. The van der Waals surface area contributed by atoms with Gasteiger partial charge in [0.25, 0.3) is 0 Å². The summed E-state index contributed by atoms with van der Waals surface area (Å²) in [5, 5.41) is 3.67. The van der Waals surface area contributed by atoms with Crippen LogP contribution in [0.2, 0.25) is 0 Å². The van der Waals surface area contributed by atoms with Gasteiger partial charge in [-0.2, -0.15) is 0 Å². The first kappa shape index (κ1) is 17.7. The van der Waals surface area contributed by atoms with Crippen molar-refractivity contribution in [1.82, 2.24) is 10.2 Å².